The minimum absolute atomic E-state index is 0.364. The summed E-state index contributed by atoms with van der Waals surface area (Å²) < 4.78 is 0. The molecule has 2 aliphatic heterocycles. The van der Waals surface area contributed by atoms with Crippen molar-refractivity contribution in [2.24, 2.45) is 0 Å². The van der Waals surface area contributed by atoms with Gasteiger partial charge in [0.25, 0.3) is 0 Å². The fraction of sp³-hybridized carbons (Fsp3) is 0.417. The molecule has 0 amide bonds. The molecular weight excluding hydrogens is 316 g/mol. The number of allylic oxidation sites excluding steroid dienone is 1. The minimum atomic E-state index is 0.364. The lowest BCUT2D eigenvalue weighted by Crippen LogP contribution is -2.40. The first-order chi connectivity index (χ1) is 12.6. The van der Waals surface area contributed by atoms with E-state index in [-0.39, 0.29) is 0 Å². The molecule has 0 aliphatic carbocycles. The molecule has 136 valence electrons. The van der Waals surface area contributed by atoms with E-state index in [9.17, 15) is 0 Å². The van der Waals surface area contributed by atoms with Crippen LogP contribution < -0.4 is 0 Å². The van der Waals surface area contributed by atoms with Crippen LogP contribution in [0.15, 0.2) is 59.7 Å². The van der Waals surface area contributed by atoms with Gasteiger partial charge in [-0.15, -0.1) is 0 Å². The van der Waals surface area contributed by atoms with Crippen molar-refractivity contribution in [3.05, 3.63) is 81.9 Å². The number of nitrogens with zero attached hydrogens (tertiary/aromatic N) is 2. The van der Waals surface area contributed by atoms with Crippen molar-refractivity contribution in [3.8, 4) is 0 Å². The predicted octanol–water partition coefficient (Wildman–Crippen LogP) is 4.78. The van der Waals surface area contributed by atoms with Crippen LogP contribution in [-0.4, -0.2) is 37.0 Å². The maximum Gasteiger partial charge on any atom is 0.0582 e. The molecule has 2 atom stereocenters. The number of hydrogen-bond donors (Lipinski definition) is 0. The summed E-state index contributed by atoms with van der Waals surface area (Å²) in [5, 5.41) is 0. The Balaban J connectivity index is 1.87. The van der Waals surface area contributed by atoms with Crippen LogP contribution in [0.2, 0.25) is 0 Å². The lowest BCUT2D eigenvalue weighted by molar-refractivity contribution is 0.201. The van der Waals surface area contributed by atoms with Crippen molar-refractivity contribution < 1.29 is 0 Å². The highest BCUT2D eigenvalue weighted by Gasteiger charge is 2.36. The van der Waals surface area contributed by atoms with Gasteiger partial charge >= 0.3 is 0 Å². The van der Waals surface area contributed by atoms with E-state index in [4.69, 9.17) is 0 Å². The summed E-state index contributed by atoms with van der Waals surface area (Å²) in [7, 11) is 4.58. The Bertz CT molecular complexity index is 768. The van der Waals surface area contributed by atoms with E-state index in [0.29, 0.717) is 12.1 Å². The van der Waals surface area contributed by atoms with Crippen LogP contribution in [0.25, 0.3) is 0 Å². The molecule has 0 aromatic heterocycles. The third-order valence-corrected chi connectivity index (χ3v) is 6.22. The zero-order valence-corrected chi connectivity index (χ0v) is 16.5. The van der Waals surface area contributed by atoms with Crippen LogP contribution in [0, 0.1) is 0 Å². The van der Waals surface area contributed by atoms with Crippen molar-refractivity contribution in [1.82, 2.24) is 9.80 Å². The highest BCUT2D eigenvalue weighted by molar-refractivity contribution is 5.46. The molecule has 0 saturated heterocycles. The summed E-state index contributed by atoms with van der Waals surface area (Å²) in [6.45, 7) is 6.84. The molecule has 2 heteroatoms. The van der Waals surface area contributed by atoms with Crippen LogP contribution in [0.5, 0.6) is 0 Å². The first kappa shape index (κ1) is 17.5. The molecule has 2 aromatic rings. The zero-order chi connectivity index (χ0) is 18.3. The van der Waals surface area contributed by atoms with Crippen molar-refractivity contribution in [2.75, 3.05) is 27.2 Å². The molecule has 0 fully saturated rings. The van der Waals surface area contributed by atoms with Crippen molar-refractivity contribution in [2.45, 2.75) is 38.8 Å². The Kier molecular flexibility index (Phi) is 4.73. The number of fused-ring (bicyclic) bond motifs is 2. The largest absolute Gasteiger partial charge is 0.295 e. The van der Waals surface area contributed by atoms with Crippen molar-refractivity contribution in [1.29, 1.82) is 0 Å². The van der Waals surface area contributed by atoms with Gasteiger partial charge in [-0.05, 0) is 68.6 Å². The Labute approximate surface area is 158 Å². The summed E-state index contributed by atoms with van der Waals surface area (Å²) in [5.41, 5.74) is 9.03. The van der Waals surface area contributed by atoms with Gasteiger partial charge in [0.1, 0.15) is 0 Å². The van der Waals surface area contributed by atoms with E-state index in [1.165, 1.54) is 27.8 Å². The van der Waals surface area contributed by atoms with Crippen molar-refractivity contribution in [3.63, 3.8) is 0 Å². The first-order valence-corrected chi connectivity index (χ1v) is 9.81. The SMILES string of the molecule is CC(C)=C(C1c2ccccc2CCN1C)C1c2ccccc2CCN1C. The van der Waals surface area contributed by atoms with Gasteiger partial charge in [-0.3, -0.25) is 9.80 Å². The van der Waals surface area contributed by atoms with Crippen LogP contribution in [0.3, 0.4) is 0 Å². The maximum atomic E-state index is 2.55. The smallest absolute Gasteiger partial charge is 0.0582 e. The van der Waals surface area contributed by atoms with Gasteiger partial charge in [0.15, 0.2) is 0 Å². The monoisotopic (exact) mass is 346 g/mol. The second-order valence-electron chi connectivity index (χ2n) is 8.12. The van der Waals surface area contributed by atoms with E-state index in [1.807, 2.05) is 0 Å². The number of likely N-dealkylation sites (N-methyl/N-ethyl adjacent to an activating group) is 2. The molecule has 2 heterocycles. The van der Waals surface area contributed by atoms with Gasteiger partial charge in [0, 0.05) is 13.1 Å². The van der Waals surface area contributed by atoms with Crippen LogP contribution >= 0.6 is 0 Å². The van der Waals surface area contributed by atoms with Crippen LogP contribution in [0.1, 0.15) is 48.2 Å². The predicted molar refractivity (Wildman–Crippen MR) is 109 cm³/mol. The lowest BCUT2D eigenvalue weighted by Gasteiger charge is -2.44. The van der Waals surface area contributed by atoms with Gasteiger partial charge in [0.05, 0.1) is 12.1 Å². The summed E-state index contributed by atoms with van der Waals surface area (Å²) in [6, 6.07) is 18.8. The lowest BCUT2D eigenvalue weighted by atomic mass is 9.78. The number of benzene rings is 2. The van der Waals surface area contributed by atoms with Crippen LogP contribution in [-0.2, 0) is 12.8 Å². The highest BCUT2D eigenvalue weighted by Crippen LogP contribution is 2.45. The number of rotatable bonds is 2. The first-order valence-electron chi connectivity index (χ1n) is 9.81. The third-order valence-electron chi connectivity index (χ3n) is 6.22. The maximum absolute atomic E-state index is 2.55. The van der Waals surface area contributed by atoms with E-state index < -0.39 is 0 Å². The fourth-order valence-electron chi connectivity index (χ4n) is 4.89. The van der Waals surface area contributed by atoms with Gasteiger partial charge in [0.2, 0.25) is 0 Å². The molecule has 0 radical (unpaired) electrons. The van der Waals surface area contributed by atoms with E-state index in [0.717, 1.165) is 25.9 Å². The quantitative estimate of drug-likeness (QED) is 0.722. The van der Waals surface area contributed by atoms with Gasteiger partial charge in [-0.25, -0.2) is 0 Å². The average Bonchev–Trinajstić information content (AvgIpc) is 2.65. The van der Waals surface area contributed by atoms with Gasteiger partial charge < -0.3 is 0 Å². The zero-order valence-electron chi connectivity index (χ0n) is 16.5. The highest BCUT2D eigenvalue weighted by atomic mass is 15.2. The topological polar surface area (TPSA) is 6.48 Å². The standard InChI is InChI=1S/C24H30N2/c1-17(2)22(23-20-11-7-5-9-18(20)13-15-25(23)3)24-21-12-8-6-10-19(21)14-16-26(24)4/h5-12,23-24H,13-16H2,1-4H3. The molecule has 0 saturated carbocycles. The number of hydrogen-bond acceptors (Lipinski definition) is 2. The van der Waals surface area contributed by atoms with Gasteiger partial charge in [-0.1, -0.05) is 54.1 Å². The molecule has 2 aliphatic rings. The molecular formula is C24H30N2. The normalized spacial score (nSPS) is 23.2. The third kappa shape index (κ3) is 2.91. The van der Waals surface area contributed by atoms with Crippen molar-refractivity contribution >= 4 is 0 Å². The summed E-state index contributed by atoms with van der Waals surface area (Å²) >= 11 is 0. The molecule has 0 bridgehead atoms. The Morgan fingerprint density at radius 2 is 1.15 bits per heavy atom. The molecule has 0 N–H and O–H groups in total. The Morgan fingerprint density at radius 1 is 0.731 bits per heavy atom. The molecule has 2 nitrogen and oxygen atoms in total. The summed E-state index contributed by atoms with van der Waals surface area (Å²) in [4.78, 5) is 5.10. The fourth-order valence-corrected chi connectivity index (χ4v) is 4.89. The second kappa shape index (κ2) is 7.02. The Morgan fingerprint density at radius 3 is 1.58 bits per heavy atom. The van der Waals surface area contributed by atoms with Gasteiger partial charge in [-0.2, -0.15) is 0 Å². The summed E-state index contributed by atoms with van der Waals surface area (Å²) in [6.07, 6.45) is 2.30. The minimum Gasteiger partial charge on any atom is -0.295 e. The summed E-state index contributed by atoms with van der Waals surface area (Å²) in [5.74, 6) is 0. The van der Waals surface area contributed by atoms with E-state index in [2.05, 4.69) is 86.3 Å². The molecule has 26 heavy (non-hydrogen) atoms. The average molecular weight is 347 g/mol. The Hall–Kier alpha value is -1.90. The second-order valence-corrected chi connectivity index (χ2v) is 8.12. The van der Waals surface area contributed by atoms with E-state index in [1.54, 1.807) is 5.57 Å². The molecule has 2 aromatic carbocycles. The molecule has 4 rings (SSSR count). The van der Waals surface area contributed by atoms with E-state index >= 15 is 0 Å². The molecule has 0 spiro atoms. The van der Waals surface area contributed by atoms with Crippen LogP contribution in [0.4, 0.5) is 0 Å². The molecule has 2 unspecified atom stereocenters.